The standard InChI is InChI=1S/C26H23N7O/c1-17-8-10-19(11-9-17)15-28-25(34)20-5-3-7-22(14-20)30-23-13-18(2)29-26-31-24(32-33(23)26)21-6-4-12-27-16-21/h3-14,16,30H,15H2,1-2H3,(H,28,34). The number of aromatic nitrogens is 5. The number of amides is 1. The summed E-state index contributed by atoms with van der Waals surface area (Å²) < 4.78 is 1.65. The first-order valence-corrected chi connectivity index (χ1v) is 10.9. The van der Waals surface area contributed by atoms with E-state index < -0.39 is 0 Å². The fourth-order valence-corrected chi connectivity index (χ4v) is 3.57. The van der Waals surface area contributed by atoms with Gasteiger partial charge in [0.25, 0.3) is 11.7 Å². The monoisotopic (exact) mass is 449 g/mol. The average Bonchev–Trinajstić information content (AvgIpc) is 3.28. The number of anilines is 2. The summed E-state index contributed by atoms with van der Waals surface area (Å²) in [6, 6.07) is 21.1. The van der Waals surface area contributed by atoms with Crippen molar-refractivity contribution in [3.05, 3.63) is 102 Å². The van der Waals surface area contributed by atoms with E-state index in [4.69, 9.17) is 0 Å². The summed E-state index contributed by atoms with van der Waals surface area (Å²) in [5, 5.41) is 10.9. The lowest BCUT2D eigenvalue weighted by Crippen LogP contribution is -2.22. The summed E-state index contributed by atoms with van der Waals surface area (Å²) in [7, 11) is 0. The molecule has 1 amide bonds. The van der Waals surface area contributed by atoms with Gasteiger partial charge in [-0.15, -0.1) is 5.10 Å². The topological polar surface area (TPSA) is 97.1 Å². The Hall–Kier alpha value is -4.59. The molecule has 0 aliphatic carbocycles. The van der Waals surface area contributed by atoms with Crippen LogP contribution >= 0.6 is 0 Å². The van der Waals surface area contributed by atoms with E-state index in [2.05, 4.69) is 30.7 Å². The molecule has 0 aliphatic rings. The van der Waals surface area contributed by atoms with Crippen LogP contribution in [0.1, 0.15) is 27.2 Å². The number of carbonyl (C=O) groups is 1. The van der Waals surface area contributed by atoms with Crippen LogP contribution in [0.3, 0.4) is 0 Å². The zero-order valence-electron chi connectivity index (χ0n) is 18.9. The van der Waals surface area contributed by atoms with Crippen LogP contribution in [0.5, 0.6) is 0 Å². The molecule has 8 heteroatoms. The molecule has 0 spiro atoms. The molecule has 0 aliphatic heterocycles. The lowest BCUT2D eigenvalue weighted by Gasteiger charge is -2.11. The molecule has 0 saturated heterocycles. The van der Waals surface area contributed by atoms with Crippen molar-refractivity contribution in [3.63, 3.8) is 0 Å². The van der Waals surface area contributed by atoms with Crippen LogP contribution in [-0.4, -0.2) is 30.5 Å². The molecule has 0 bridgehead atoms. The lowest BCUT2D eigenvalue weighted by atomic mass is 10.1. The molecule has 0 fully saturated rings. The molecular formula is C26H23N7O. The maximum absolute atomic E-state index is 12.7. The Morgan fingerprint density at radius 1 is 0.971 bits per heavy atom. The minimum absolute atomic E-state index is 0.139. The summed E-state index contributed by atoms with van der Waals surface area (Å²) in [5.74, 6) is 1.58. The van der Waals surface area contributed by atoms with Gasteiger partial charge >= 0.3 is 0 Å². The number of rotatable bonds is 6. The van der Waals surface area contributed by atoms with Crippen molar-refractivity contribution in [2.45, 2.75) is 20.4 Å². The Morgan fingerprint density at radius 2 is 1.82 bits per heavy atom. The van der Waals surface area contributed by atoms with Gasteiger partial charge < -0.3 is 10.6 Å². The highest BCUT2D eigenvalue weighted by Crippen LogP contribution is 2.21. The molecule has 2 aromatic carbocycles. The van der Waals surface area contributed by atoms with Crippen LogP contribution in [0.2, 0.25) is 0 Å². The minimum atomic E-state index is -0.139. The highest BCUT2D eigenvalue weighted by atomic mass is 16.1. The summed E-state index contributed by atoms with van der Waals surface area (Å²) in [5.41, 5.74) is 5.17. The Bertz CT molecular complexity index is 1460. The highest BCUT2D eigenvalue weighted by Gasteiger charge is 2.13. The molecule has 0 radical (unpaired) electrons. The van der Waals surface area contributed by atoms with Gasteiger partial charge in [-0.05, 0) is 49.7 Å². The van der Waals surface area contributed by atoms with Crippen LogP contribution < -0.4 is 10.6 Å². The maximum atomic E-state index is 12.7. The Labute approximate surface area is 196 Å². The van der Waals surface area contributed by atoms with Crippen molar-refractivity contribution in [2.75, 3.05) is 5.32 Å². The Morgan fingerprint density at radius 3 is 2.62 bits per heavy atom. The smallest absolute Gasteiger partial charge is 0.254 e. The predicted octanol–water partition coefficient (Wildman–Crippen LogP) is 4.48. The van der Waals surface area contributed by atoms with Crippen LogP contribution in [0, 0.1) is 13.8 Å². The van der Waals surface area contributed by atoms with E-state index in [9.17, 15) is 4.79 Å². The van der Waals surface area contributed by atoms with Crippen LogP contribution in [-0.2, 0) is 6.54 Å². The first-order valence-electron chi connectivity index (χ1n) is 10.9. The fraction of sp³-hybridized carbons (Fsp3) is 0.115. The lowest BCUT2D eigenvalue weighted by molar-refractivity contribution is 0.0951. The molecule has 168 valence electrons. The summed E-state index contributed by atoms with van der Waals surface area (Å²) in [4.78, 5) is 25.9. The molecule has 3 heterocycles. The van der Waals surface area contributed by atoms with Crippen molar-refractivity contribution in [1.29, 1.82) is 0 Å². The molecule has 3 aromatic heterocycles. The third-order valence-electron chi connectivity index (χ3n) is 5.33. The van der Waals surface area contributed by atoms with Gasteiger partial charge in [-0.1, -0.05) is 35.9 Å². The number of hydrogen-bond acceptors (Lipinski definition) is 6. The molecule has 0 saturated carbocycles. The number of pyridine rings is 1. The number of benzene rings is 2. The summed E-state index contributed by atoms with van der Waals surface area (Å²) in [6.45, 7) is 4.41. The molecular weight excluding hydrogens is 426 g/mol. The second kappa shape index (κ2) is 9.11. The second-order valence-electron chi connectivity index (χ2n) is 8.05. The van der Waals surface area contributed by atoms with Crippen LogP contribution in [0.15, 0.2) is 79.1 Å². The minimum Gasteiger partial charge on any atom is -0.348 e. The largest absolute Gasteiger partial charge is 0.348 e. The van der Waals surface area contributed by atoms with Crippen LogP contribution in [0.4, 0.5) is 11.5 Å². The van der Waals surface area contributed by atoms with Crippen molar-refractivity contribution >= 4 is 23.2 Å². The van der Waals surface area contributed by atoms with E-state index >= 15 is 0 Å². The number of nitrogens with zero attached hydrogens (tertiary/aromatic N) is 5. The number of hydrogen-bond donors (Lipinski definition) is 2. The third kappa shape index (κ3) is 4.61. The predicted molar refractivity (Wildman–Crippen MR) is 131 cm³/mol. The summed E-state index contributed by atoms with van der Waals surface area (Å²) in [6.07, 6.45) is 3.42. The molecule has 2 N–H and O–H groups in total. The van der Waals surface area contributed by atoms with Gasteiger partial charge in [-0.3, -0.25) is 9.78 Å². The normalized spacial score (nSPS) is 10.9. The SMILES string of the molecule is Cc1ccc(CNC(=O)c2cccc(Nc3cc(C)nc4nc(-c5cccnc5)nn34)c2)cc1. The van der Waals surface area contributed by atoms with Gasteiger partial charge in [0.05, 0.1) is 0 Å². The first-order chi connectivity index (χ1) is 16.5. The highest BCUT2D eigenvalue weighted by molar-refractivity contribution is 5.95. The van der Waals surface area contributed by atoms with Gasteiger partial charge in [0.1, 0.15) is 5.82 Å². The van der Waals surface area contributed by atoms with Crippen molar-refractivity contribution in [2.24, 2.45) is 0 Å². The van der Waals surface area contributed by atoms with Gasteiger partial charge in [0.15, 0.2) is 5.82 Å². The van der Waals surface area contributed by atoms with Gasteiger partial charge in [0, 0.05) is 47.5 Å². The number of nitrogens with one attached hydrogen (secondary N) is 2. The van der Waals surface area contributed by atoms with Gasteiger partial charge in [0.2, 0.25) is 0 Å². The van der Waals surface area contributed by atoms with Gasteiger partial charge in [-0.2, -0.15) is 9.50 Å². The van der Waals surface area contributed by atoms with Crippen molar-refractivity contribution in [3.8, 4) is 11.4 Å². The van der Waals surface area contributed by atoms with E-state index in [0.29, 0.717) is 29.5 Å². The molecule has 5 rings (SSSR count). The van der Waals surface area contributed by atoms with E-state index in [0.717, 1.165) is 22.5 Å². The third-order valence-corrected chi connectivity index (χ3v) is 5.33. The molecule has 5 aromatic rings. The Balaban J connectivity index is 1.37. The quantitative estimate of drug-likeness (QED) is 0.397. The van der Waals surface area contributed by atoms with Crippen molar-refractivity contribution < 1.29 is 4.79 Å². The van der Waals surface area contributed by atoms with E-state index in [-0.39, 0.29) is 5.91 Å². The number of aryl methyl sites for hydroxylation is 2. The van der Waals surface area contributed by atoms with E-state index in [1.165, 1.54) is 5.56 Å². The molecule has 8 nitrogen and oxygen atoms in total. The Kier molecular flexibility index (Phi) is 5.70. The van der Waals surface area contributed by atoms with Crippen LogP contribution in [0.25, 0.3) is 17.2 Å². The number of fused-ring (bicyclic) bond motifs is 1. The first kappa shape index (κ1) is 21.3. The zero-order valence-corrected chi connectivity index (χ0v) is 18.9. The fourth-order valence-electron chi connectivity index (χ4n) is 3.57. The average molecular weight is 450 g/mol. The molecule has 34 heavy (non-hydrogen) atoms. The zero-order chi connectivity index (χ0) is 23.5. The summed E-state index contributed by atoms with van der Waals surface area (Å²) >= 11 is 0. The molecule has 0 atom stereocenters. The number of carbonyl (C=O) groups excluding carboxylic acids is 1. The van der Waals surface area contributed by atoms with E-state index in [1.807, 2.05) is 74.5 Å². The second-order valence-corrected chi connectivity index (χ2v) is 8.05. The van der Waals surface area contributed by atoms with E-state index in [1.54, 1.807) is 23.0 Å². The maximum Gasteiger partial charge on any atom is 0.254 e. The molecule has 0 unspecified atom stereocenters. The van der Waals surface area contributed by atoms with Gasteiger partial charge in [-0.25, -0.2) is 4.98 Å². The van der Waals surface area contributed by atoms with Crippen molar-refractivity contribution in [1.82, 2.24) is 29.9 Å².